The first-order valence-electron chi connectivity index (χ1n) is 8.53. The summed E-state index contributed by atoms with van der Waals surface area (Å²) in [5.41, 5.74) is 3.98. The van der Waals surface area contributed by atoms with Crippen LogP contribution in [-0.4, -0.2) is 11.0 Å². The van der Waals surface area contributed by atoms with Gasteiger partial charge in [0.05, 0.1) is 12.1 Å². The van der Waals surface area contributed by atoms with Crippen LogP contribution in [0, 0.1) is 19.7 Å². The fourth-order valence-corrected chi connectivity index (χ4v) is 3.13. The van der Waals surface area contributed by atoms with Gasteiger partial charge < -0.3 is 9.47 Å². The molecule has 2 aromatic carbocycles. The quantitative estimate of drug-likeness (QED) is 0.550. The van der Waals surface area contributed by atoms with Crippen molar-refractivity contribution in [2.45, 2.75) is 33.5 Å². The van der Waals surface area contributed by atoms with Crippen LogP contribution in [0.3, 0.4) is 0 Å². The standard InChI is InChI=1S/C21H20FNO3S/c1-14-3-4-16(9-15(14)2)10-21(24)26-11-18-13-27-20(23-18)12-25-19-7-5-17(22)6-8-19/h3-9,13H,10-12H2,1-2H3. The lowest BCUT2D eigenvalue weighted by Crippen LogP contribution is -2.08. The molecular weight excluding hydrogens is 365 g/mol. The summed E-state index contributed by atoms with van der Waals surface area (Å²) in [6.07, 6.45) is 0.242. The van der Waals surface area contributed by atoms with Gasteiger partial charge >= 0.3 is 5.97 Å². The number of esters is 1. The van der Waals surface area contributed by atoms with E-state index in [-0.39, 0.29) is 31.4 Å². The summed E-state index contributed by atoms with van der Waals surface area (Å²) < 4.78 is 23.7. The average molecular weight is 385 g/mol. The molecule has 0 aliphatic rings. The van der Waals surface area contributed by atoms with E-state index in [1.165, 1.54) is 29.0 Å². The van der Waals surface area contributed by atoms with Gasteiger partial charge in [0.25, 0.3) is 0 Å². The van der Waals surface area contributed by atoms with Gasteiger partial charge in [0.15, 0.2) is 0 Å². The van der Waals surface area contributed by atoms with Crippen LogP contribution in [0.25, 0.3) is 0 Å². The topological polar surface area (TPSA) is 48.4 Å². The Kier molecular flexibility index (Phi) is 6.19. The number of ether oxygens (including phenoxy) is 2. The molecule has 0 saturated heterocycles. The Labute approximate surface area is 161 Å². The molecule has 3 aromatic rings. The predicted octanol–water partition coefficient (Wildman–Crippen LogP) is 4.76. The molecule has 140 valence electrons. The Morgan fingerprint density at radius 1 is 1.07 bits per heavy atom. The molecule has 6 heteroatoms. The van der Waals surface area contributed by atoms with Crippen LogP contribution in [0.15, 0.2) is 47.8 Å². The average Bonchev–Trinajstić information content (AvgIpc) is 3.11. The maximum absolute atomic E-state index is 12.9. The number of carbonyl (C=O) groups is 1. The second-order valence-electron chi connectivity index (χ2n) is 6.23. The van der Waals surface area contributed by atoms with Crippen molar-refractivity contribution in [2.24, 2.45) is 0 Å². The van der Waals surface area contributed by atoms with Gasteiger partial charge in [-0.15, -0.1) is 11.3 Å². The minimum atomic E-state index is -0.304. The van der Waals surface area contributed by atoms with Crippen LogP contribution in [0.1, 0.15) is 27.4 Å². The van der Waals surface area contributed by atoms with Gasteiger partial charge in [0.1, 0.15) is 29.8 Å². The molecule has 0 spiro atoms. The molecule has 0 N–H and O–H groups in total. The van der Waals surface area contributed by atoms with E-state index in [0.29, 0.717) is 11.4 Å². The molecule has 0 saturated carbocycles. The van der Waals surface area contributed by atoms with Gasteiger partial charge in [-0.3, -0.25) is 4.79 Å². The smallest absolute Gasteiger partial charge is 0.310 e. The molecule has 0 radical (unpaired) electrons. The SMILES string of the molecule is Cc1ccc(CC(=O)OCc2csc(COc3ccc(F)cc3)n2)cc1C. The number of aryl methyl sites for hydroxylation is 2. The van der Waals surface area contributed by atoms with Crippen molar-refractivity contribution in [3.05, 3.63) is 81.1 Å². The number of hydrogen-bond donors (Lipinski definition) is 0. The highest BCUT2D eigenvalue weighted by Crippen LogP contribution is 2.17. The monoisotopic (exact) mass is 385 g/mol. The first-order chi connectivity index (χ1) is 13.0. The van der Waals surface area contributed by atoms with Crippen LogP contribution in [-0.2, 0) is 29.2 Å². The van der Waals surface area contributed by atoms with Gasteiger partial charge in [0, 0.05) is 5.38 Å². The van der Waals surface area contributed by atoms with Crippen molar-refractivity contribution in [3.8, 4) is 5.75 Å². The molecule has 0 fully saturated rings. The first-order valence-corrected chi connectivity index (χ1v) is 9.41. The fraction of sp³-hybridized carbons (Fsp3) is 0.238. The number of carbonyl (C=O) groups excluding carboxylic acids is 1. The number of hydrogen-bond acceptors (Lipinski definition) is 5. The number of rotatable bonds is 7. The molecule has 1 aromatic heterocycles. The highest BCUT2D eigenvalue weighted by atomic mass is 32.1. The van der Waals surface area contributed by atoms with Crippen LogP contribution in [0.2, 0.25) is 0 Å². The third-order valence-electron chi connectivity index (χ3n) is 4.08. The first kappa shape index (κ1) is 19.0. The van der Waals surface area contributed by atoms with Crippen LogP contribution in [0.5, 0.6) is 5.75 Å². The zero-order chi connectivity index (χ0) is 19.2. The molecule has 3 rings (SSSR count). The van der Waals surface area contributed by atoms with E-state index in [0.717, 1.165) is 16.1 Å². The molecule has 0 aliphatic heterocycles. The van der Waals surface area contributed by atoms with E-state index in [1.54, 1.807) is 12.1 Å². The summed E-state index contributed by atoms with van der Waals surface area (Å²) >= 11 is 1.43. The molecule has 0 aliphatic carbocycles. The van der Waals surface area contributed by atoms with Crippen LogP contribution < -0.4 is 4.74 Å². The molecule has 0 bridgehead atoms. The Balaban J connectivity index is 1.46. The molecule has 0 atom stereocenters. The van der Waals surface area contributed by atoms with E-state index in [9.17, 15) is 9.18 Å². The highest BCUT2D eigenvalue weighted by Gasteiger charge is 2.09. The zero-order valence-corrected chi connectivity index (χ0v) is 16.0. The highest BCUT2D eigenvalue weighted by molar-refractivity contribution is 7.09. The lowest BCUT2D eigenvalue weighted by molar-refractivity contribution is -0.144. The molecule has 0 amide bonds. The predicted molar refractivity (Wildman–Crippen MR) is 102 cm³/mol. The van der Waals surface area contributed by atoms with Crippen molar-refractivity contribution in [3.63, 3.8) is 0 Å². The zero-order valence-electron chi connectivity index (χ0n) is 15.2. The summed E-state index contributed by atoms with van der Waals surface area (Å²) in [6, 6.07) is 11.8. The maximum atomic E-state index is 12.9. The van der Waals surface area contributed by atoms with E-state index in [2.05, 4.69) is 4.98 Å². The molecule has 27 heavy (non-hydrogen) atoms. The lowest BCUT2D eigenvalue weighted by atomic mass is 10.0. The summed E-state index contributed by atoms with van der Waals surface area (Å²) in [5, 5.41) is 2.60. The summed E-state index contributed by atoms with van der Waals surface area (Å²) in [7, 11) is 0. The van der Waals surface area contributed by atoms with Gasteiger partial charge in [-0.25, -0.2) is 9.37 Å². The number of thiazole rings is 1. The molecule has 1 heterocycles. The van der Waals surface area contributed by atoms with Crippen molar-refractivity contribution in [1.29, 1.82) is 0 Å². The van der Waals surface area contributed by atoms with E-state index < -0.39 is 0 Å². The molecule has 0 unspecified atom stereocenters. The summed E-state index contributed by atoms with van der Waals surface area (Å²) in [4.78, 5) is 16.4. The van der Waals surface area contributed by atoms with Crippen molar-refractivity contribution in [1.82, 2.24) is 4.98 Å². The van der Waals surface area contributed by atoms with Gasteiger partial charge in [0.2, 0.25) is 0 Å². The maximum Gasteiger partial charge on any atom is 0.310 e. The minimum Gasteiger partial charge on any atom is -0.486 e. The number of aromatic nitrogens is 1. The minimum absolute atomic E-state index is 0.136. The van der Waals surface area contributed by atoms with E-state index >= 15 is 0 Å². The van der Waals surface area contributed by atoms with E-state index in [4.69, 9.17) is 9.47 Å². The van der Waals surface area contributed by atoms with Gasteiger partial charge in [-0.05, 0) is 54.8 Å². The second-order valence-corrected chi connectivity index (χ2v) is 7.17. The van der Waals surface area contributed by atoms with Crippen LogP contribution in [0.4, 0.5) is 4.39 Å². The van der Waals surface area contributed by atoms with Gasteiger partial charge in [-0.1, -0.05) is 18.2 Å². The Morgan fingerprint density at radius 2 is 1.85 bits per heavy atom. The Bertz CT molecular complexity index is 921. The Morgan fingerprint density at radius 3 is 2.59 bits per heavy atom. The van der Waals surface area contributed by atoms with Crippen molar-refractivity contribution < 1.29 is 18.7 Å². The Hall–Kier alpha value is -2.73. The van der Waals surface area contributed by atoms with Crippen molar-refractivity contribution >= 4 is 17.3 Å². The lowest BCUT2D eigenvalue weighted by Gasteiger charge is -2.06. The summed E-state index contributed by atoms with van der Waals surface area (Å²) in [6.45, 7) is 4.48. The largest absolute Gasteiger partial charge is 0.486 e. The van der Waals surface area contributed by atoms with E-state index in [1.807, 2.05) is 37.4 Å². The number of benzene rings is 2. The number of halogens is 1. The number of nitrogens with zero attached hydrogens (tertiary/aromatic N) is 1. The van der Waals surface area contributed by atoms with Crippen molar-refractivity contribution in [2.75, 3.05) is 0 Å². The summed E-state index contributed by atoms with van der Waals surface area (Å²) in [5.74, 6) is -0.00941. The fourth-order valence-electron chi connectivity index (χ4n) is 2.44. The van der Waals surface area contributed by atoms with Gasteiger partial charge in [-0.2, -0.15) is 0 Å². The molecule has 4 nitrogen and oxygen atoms in total. The normalized spacial score (nSPS) is 10.6. The third-order valence-corrected chi connectivity index (χ3v) is 4.95. The second kappa shape index (κ2) is 8.77. The van der Waals surface area contributed by atoms with Crippen LogP contribution >= 0.6 is 11.3 Å². The third kappa shape index (κ3) is 5.62. The molecular formula is C21H20FNO3S.